The summed E-state index contributed by atoms with van der Waals surface area (Å²) in [5, 5.41) is 10.9. The molecule has 1 aromatic carbocycles. The van der Waals surface area contributed by atoms with Crippen LogP contribution in [-0.4, -0.2) is 30.6 Å². The maximum Gasteiger partial charge on any atom is 0.494 e. The molecular formula is C16H25BN2O2. The molecule has 0 spiro atoms. The second-order valence-corrected chi connectivity index (χ2v) is 6.88. The molecule has 2 rings (SSSR count). The van der Waals surface area contributed by atoms with Crippen molar-refractivity contribution >= 4 is 24.5 Å². The predicted octanol–water partition coefficient (Wildman–Crippen LogP) is 2.80. The molecule has 0 atom stereocenters. The first-order chi connectivity index (χ1) is 9.66. The van der Waals surface area contributed by atoms with Gasteiger partial charge in [0.15, 0.2) is 0 Å². The minimum Gasteiger partial charge on any atom is -0.399 e. The molecule has 114 valence electrons. The summed E-state index contributed by atoms with van der Waals surface area (Å²) in [6.45, 7) is 12.3. The van der Waals surface area contributed by atoms with Crippen LogP contribution in [0, 0.1) is 5.41 Å². The maximum atomic E-state index is 7.61. The number of rotatable bonds is 4. The summed E-state index contributed by atoms with van der Waals surface area (Å²) < 4.78 is 12.1. The lowest BCUT2D eigenvalue weighted by Gasteiger charge is -2.32. The quantitative estimate of drug-likeness (QED) is 0.661. The Kier molecular flexibility index (Phi) is 4.18. The molecule has 0 saturated carbocycles. The van der Waals surface area contributed by atoms with Crippen LogP contribution >= 0.6 is 0 Å². The third-order valence-electron chi connectivity index (χ3n) is 4.20. The Morgan fingerprint density at radius 2 is 1.71 bits per heavy atom. The minimum absolute atomic E-state index is 0.325. The Hall–Kier alpha value is -1.33. The Labute approximate surface area is 127 Å². The van der Waals surface area contributed by atoms with Crippen LogP contribution in [0.2, 0.25) is 0 Å². The molecule has 0 amide bonds. The normalized spacial score (nSPS) is 19.9. The first-order valence-electron chi connectivity index (χ1n) is 7.43. The van der Waals surface area contributed by atoms with Crippen molar-refractivity contribution in [3.8, 4) is 0 Å². The van der Waals surface area contributed by atoms with E-state index in [9.17, 15) is 0 Å². The van der Waals surface area contributed by atoms with Gasteiger partial charge >= 0.3 is 7.12 Å². The summed E-state index contributed by atoms with van der Waals surface area (Å²) in [4.78, 5) is 0. The smallest absolute Gasteiger partial charge is 0.399 e. The Bertz CT molecular complexity index is 525. The molecule has 1 aromatic rings. The van der Waals surface area contributed by atoms with E-state index in [4.69, 9.17) is 14.7 Å². The summed E-state index contributed by atoms with van der Waals surface area (Å²) >= 11 is 0. The van der Waals surface area contributed by atoms with Crippen molar-refractivity contribution in [2.45, 2.75) is 58.8 Å². The molecule has 1 aliphatic heterocycles. The zero-order chi connectivity index (χ0) is 15.8. The van der Waals surface area contributed by atoms with Crippen LogP contribution in [0.1, 0.15) is 47.1 Å². The third-order valence-corrected chi connectivity index (χ3v) is 4.20. The standard InChI is InChI=1S/C16H25BN2O2/c1-11(2)19-14-8-7-13(9-12(14)10-18)17-20-15(3,4)16(5,6)21-17/h7-11,18-19H,1-6H3. The molecule has 21 heavy (non-hydrogen) atoms. The summed E-state index contributed by atoms with van der Waals surface area (Å²) in [5.74, 6) is 0. The van der Waals surface area contributed by atoms with Crippen molar-refractivity contribution < 1.29 is 9.31 Å². The van der Waals surface area contributed by atoms with Gasteiger partial charge in [-0.1, -0.05) is 12.1 Å². The van der Waals surface area contributed by atoms with E-state index in [1.165, 1.54) is 6.21 Å². The fourth-order valence-corrected chi connectivity index (χ4v) is 2.27. The molecule has 1 heterocycles. The molecule has 0 aromatic heterocycles. The van der Waals surface area contributed by atoms with Crippen molar-refractivity contribution in [1.82, 2.24) is 0 Å². The van der Waals surface area contributed by atoms with Crippen LogP contribution in [-0.2, 0) is 9.31 Å². The predicted molar refractivity (Wildman–Crippen MR) is 88.8 cm³/mol. The molecule has 0 aliphatic carbocycles. The number of benzene rings is 1. The van der Waals surface area contributed by atoms with Crippen LogP contribution in [0.15, 0.2) is 18.2 Å². The van der Waals surface area contributed by atoms with Crippen molar-refractivity contribution in [2.24, 2.45) is 0 Å². The van der Waals surface area contributed by atoms with E-state index in [1.54, 1.807) is 0 Å². The number of anilines is 1. The summed E-state index contributed by atoms with van der Waals surface area (Å²) in [7, 11) is -0.387. The van der Waals surface area contributed by atoms with Gasteiger partial charge in [-0.25, -0.2) is 0 Å². The van der Waals surface area contributed by atoms with Gasteiger partial charge in [0, 0.05) is 23.5 Å². The van der Waals surface area contributed by atoms with E-state index < -0.39 is 0 Å². The van der Waals surface area contributed by atoms with Crippen molar-refractivity contribution in [3.05, 3.63) is 23.8 Å². The third kappa shape index (κ3) is 3.14. The van der Waals surface area contributed by atoms with E-state index in [0.717, 1.165) is 16.7 Å². The lowest BCUT2D eigenvalue weighted by molar-refractivity contribution is 0.00578. The maximum absolute atomic E-state index is 7.61. The summed E-state index contributed by atoms with van der Waals surface area (Å²) in [5.41, 5.74) is 2.05. The molecule has 4 nitrogen and oxygen atoms in total. The highest BCUT2D eigenvalue weighted by Crippen LogP contribution is 2.36. The molecule has 1 aliphatic rings. The van der Waals surface area contributed by atoms with E-state index in [-0.39, 0.29) is 18.3 Å². The van der Waals surface area contributed by atoms with Gasteiger partial charge in [0.05, 0.1) is 11.2 Å². The second-order valence-electron chi connectivity index (χ2n) is 6.88. The monoisotopic (exact) mass is 288 g/mol. The van der Waals surface area contributed by atoms with Crippen LogP contribution in [0.5, 0.6) is 0 Å². The average Bonchev–Trinajstić information content (AvgIpc) is 2.58. The van der Waals surface area contributed by atoms with Gasteiger partial charge in [0.2, 0.25) is 0 Å². The van der Waals surface area contributed by atoms with Gasteiger partial charge in [-0.05, 0) is 53.1 Å². The molecule has 0 unspecified atom stereocenters. The van der Waals surface area contributed by atoms with Crippen LogP contribution in [0.3, 0.4) is 0 Å². The van der Waals surface area contributed by atoms with Crippen LogP contribution < -0.4 is 10.8 Å². The van der Waals surface area contributed by atoms with Crippen LogP contribution in [0.4, 0.5) is 5.69 Å². The van der Waals surface area contributed by atoms with Gasteiger partial charge in [-0.3, -0.25) is 0 Å². The minimum atomic E-state index is -0.387. The van der Waals surface area contributed by atoms with Crippen molar-refractivity contribution in [1.29, 1.82) is 5.41 Å². The number of hydrogen-bond acceptors (Lipinski definition) is 4. The Balaban J connectivity index is 2.29. The SMILES string of the molecule is CC(C)Nc1ccc(B2OC(C)(C)C(C)(C)O2)cc1C=N. The van der Waals surface area contributed by atoms with Crippen molar-refractivity contribution in [2.75, 3.05) is 5.32 Å². The highest BCUT2D eigenvalue weighted by molar-refractivity contribution is 6.62. The largest absolute Gasteiger partial charge is 0.494 e. The Morgan fingerprint density at radius 1 is 1.14 bits per heavy atom. The van der Waals surface area contributed by atoms with Crippen LogP contribution in [0.25, 0.3) is 0 Å². The molecular weight excluding hydrogens is 263 g/mol. The molecule has 0 bridgehead atoms. The molecule has 1 saturated heterocycles. The van der Waals surface area contributed by atoms with Gasteiger partial charge in [0.25, 0.3) is 0 Å². The highest BCUT2D eigenvalue weighted by Gasteiger charge is 2.51. The topological polar surface area (TPSA) is 54.3 Å². The second kappa shape index (κ2) is 5.46. The van der Waals surface area contributed by atoms with Crippen molar-refractivity contribution in [3.63, 3.8) is 0 Å². The van der Waals surface area contributed by atoms with Gasteiger partial charge in [-0.2, -0.15) is 0 Å². The summed E-state index contributed by atoms with van der Waals surface area (Å²) in [6.07, 6.45) is 1.36. The highest BCUT2D eigenvalue weighted by atomic mass is 16.7. The molecule has 1 fully saturated rings. The fraction of sp³-hybridized carbons (Fsp3) is 0.562. The van der Waals surface area contributed by atoms with Gasteiger partial charge < -0.3 is 20.0 Å². The zero-order valence-electron chi connectivity index (χ0n) is 13.8. The van der Waals surface area contributed by atoms with Gasteiger partial charge in [-0.15, -0.1) is 0 Å². The van der Waals surface area contributed by atoms with Gasteiger partial charge in [0.1, 0.15) is 0 Å². The molecule has 2 N–H and O–H groups in total. The molecule has 5 heteroatoms. The lowest BCUT2D eigenvalue weighted by Crippen LogP contribution is -2.41. The zero-order valence-corrected chi connectivity index (χ0v) is 13.8. The lowest BCUT2D eigenvalue weighted by atomic mass is 9.78. The van der Waals surface area contributed by atoms with E-state index in [1.807, 2.05) is 45.9 Å². The first kappa shape index (κ1) is 16.1. The Morgan fingerprint density at radius 3 is 2.19 bits per heavy atom. The first-order valence-corrected chi connectivity index (χ1v) is 7.43. The average molecular weight is 288 g/mol. The summed E-state index contributed by atoms with van der Waals surface area (Å²) in [6, 6.07) is 6.27. The van der Waals surface area contributed by atoms with E-state index in [0.29, 0.717) is 6.04 Å². The number of hydrogen-bond donors (Lipinski definition) is 2. The number of nitrogens with one attached hydrogen (secondary N) is 2. The van der Waals surface area contributed by atoms with E-state index in [2.05, 4.69) is 19.2 Å². The molecule has 0 radical (unpaired) electrons. The fourth-order valence-electron chi connectivity index (χ4n) is 2.27. The van der Waals surface area contributed by atoms with E-state index >= 15 is 0 Å².